The fourth-order valence-corrected chi connectivity index (χ4v) is 3.54. The van der Waals surface area contributed by atoms with Crippen molar-refractivity contribution < 1.29 is 36.2 Å². The van der Waals surface area contributed by atoms with Crippen LogP contribution in [0.25, 0.3) is 0 Å². The van der Waals surface area contributed by atoms with E-state index in [4.69, 9.17) is 9.47 Å². The highest BCUT2D eigenvalue weighted by atomic mass is 19.4. The lowest BCUT2D eigenvalue weighted by molar-refractivity contribution is -0.261. The Labute approximate surface area is 174 Å². The van der Waals surface area contributed by atoms with E-state index < -0.39 is 54.1 Å². The maximum atomic E-state index is 14.2. The first-order valence-electron chi connectivity index (χ1n) is 9.03. The molecule has 0 radical (unpaired) electrons. The number of carbonyl (C=O) groups is 1. The summed E-state index contributed by atoms with van der Waals surface area (Å²) in [6, 6.07) is 1.85. The van der Waals surface area contributed by atoms with E-state index in [2.05, 4.69) is 15.5 Å². The number of aryl methyl sites for hydroxylation is 1. The molecule has 2 unspecified atom stereocenters. The third-order valence-corrected chi connectivity index (χ3v) is 5.12. The van der Waals surface area contributed by atoms with Crippen LogP contribution < -0.4 is 15.0 Å². The number of benzene rings is 1. The van der Waals surface area contributed by atoms with Gasteiger partial charge in [0, 0.05) is 13.5 Å². The minimum absolute atomic E-state index is 0.214. The summed E-state index contributed by atoms with van der Waals surface area (Å²) in [5.41, 5.74) is -2.23. The number of anilines is 2. The predicted molar refractivity (Wildman–Crippen MR) is 99.9 cm³/mol. The van der Waals surface area contributed by atoms with E-state index in [0.717, 1.165) is 31.3 Å². The van der Waals surface area contributed by atoms with Crippen LogP contribution in [0.2, 0.25) is 0 Å². The van der Waals surface area contributed by atoms with Crippen LogP contribution in [0.15, 0.2) is 24.4 Å². The fourth-order valence-electron chi connectivity index (χ4n) is 3.54. The number of alkyl halides is 3. The number of amides is 1. The van der Waals surface area contributed by atoms with Gasteiger partial charge in [0.25, 0.3) is 0 Å². The third kappa shape index (κ3) is 4.11. The number of nitrogens with one attached hydrogen (secondary N) is 1. The molecule has 1 aromatic heterocycles. The van der Waals surface area contributed by atoms with E-state index in [1.807, 2.05) is 0 Å². The highest BCUT2D eigenvalue weighted by molar-refractivity contribution is 5.97. The molecule has 0 aliphatic carbocycles. The molecule has 1 aliphatic heterocycles. The largest absolute Gasteiger partial charge is 0.491 e. The summed E-state index contributed by atoms with van der Waals surface area (Å²) < 4.78 is 79.2. The zero-order valence-electron chi connectivity index (χ0n) is 16.8. The van der Waals surface area contributed by atoms with E-state index in [-0.39, 0.29) is 11.4 Å². The highest BCUT2D eigenvalue weighted by Gasteiger charge is 2.63. The van der Waals surface area contributed by atoms with Crippen molar-refractivity contribution in [2.45, 2.75) is 31.2 Å². The summed E-state index contributed by atoms with van der Waals surface area (Å²) >= 11 is 0. The molecule has 2 heterocycles. The zero-order valence-corrected chi connectivity index (χ0v) is 16.8. The Morgan fingerprint density at radius 3 is 2.58 bits per heavy atom. The summed E-state index contributed by atoms with van der Waals surface area (Å²) in [5, 5.41) is 9.91. The number of nitrogens with zero attached hydrogens (tertiary/aromatic N) is 3. The summed E-state index contributed by atoms with van der Waals surface area (Å²) in [6.45, 7) is 0.788. The van der Waals surface area contributed by atoms with E-state index >= 15 is 0 Å². The minimum Gasteiger partial charge on any atom is -0.491 e. The lowest BCUT2D eigenvalue weighted by Crippen LogP contribution is -2.49. The van der Waals surface area contributed by atoms with Gasteiger partial charge in [0.05, 0.1) is 36.9 Å². The number of carbonyl (C=O) groups excluding carboxylic acids is 1. The van der Waals surface area contributed by atoms with Crippen molar-refractivity contribution in [3.8, 4) is 5.75 Å². The van der Waals surface area contributed by atoms with Gasteiger partial charge in [-0.3, -0.25) is 4.79 Å². The Bertz CT molecular complexity index is 988. The van der Waals surface area contributed by atoms with Crippen molar-refractivity contribution in [3.63, 3.8) is 0 Å². The van der Waals surface area contributed by atoms with Gasteiger partial charge in [-0.05, 0) is 25.1 Å². The number of halogens is 5. The second kappa shape index (κ2) is 8.25. The number of rotatable bonds is 5. The second-order valence-electron chi connectivity index (χ2n) is 7.03. The molecule has 12 heteroatoms. The predicted octanol–water partition coefficient (Wildman–Crippen LogP) is 3.24. The van der Waals surface area contributed by atoms with Crippen LogP contribution in [0.5, 0.6) is 5.75 Å². The van der Waals surface area contributed by atoms with Crippen molar-refractivity contribution in [1.29, 1.82) is 0 Å². The van der Waals surface area contributed by atoms with Crippen molar-refractivity contribution in [3.05, 3.63) is 41.7 Å². The van der Waals surface area contributed by atoms with E-state index in [9.17, 15) is 26.7 Å². The Morgan fingerprint density at radius 1 is 1.29 bits per heavy atom. The Kier molecular flexibility index (Phi) is 6.03. The van der Waals surface area contributed by atoms with Crippen molar-refractivity contribution >= 4 is 17.3 Å². The Morgan fingerprint density at radius 2 is 2.00 bits per heavy atom. The summed E-state index contributed by atoms with van der Waals surface area (Å²) in [5.74, 6) is -4.06. The molecule has 0 spiro atoms. The molecule has 0 bridgehead atoms. The lowest BCUT2D eigenvalue weighted by Gasteiger charge is -2.31. The number of hydrogen-bond acceptors (Lipinski definition) is 6. The van der Waals surface area contributed by atoms with Crippen molar-refractivity contribution in [2.75, 3.05) is 31.0 Å². The minimum atomic E-state index is -4.84. The van der Waals surface area contributed by atoms with Gasteiger partial charge in [-0.1, -0.05) is 0 Å². The number of hydrogen-bond donors (Lipinski definition) is 1. The molecule has 0 saturated carbocycles. The first kappa shape index (κ1) is 22.7. The molecule has 7 nitrogen and oxygen atoms in total. The van der Waals surface area contributed by atoms with Crippen LogP contribution in [-0.2, 0) is 9.53 Å². The van der Waals surface area contributed by atoms with Crippen LogP contribution in [0.3, 0.4) is 0 Å². The highest BCUT2D eigenvalue weighted by Crippen LogP contribution is 2.47. The quantitative estimate of drug-likeness (QED) is 0.711. The van der Waals surface area contributed by atoms with Crippen LogP contribution >= 0.6 is 0 Å². The van der Waals surface area contributed by atoms with E-state index in [0.29, 0.717) is 5.69 Å². The average Bonchev–Trinajstić information content (AvgIpc) is 3.11. The number of methoxy groups -OCH3 is 2. The number of aromatic nitrogens is 2. The number of ether oxygens (including phenoxy) is 2. The molecule has 1 aliphatic rings. The molecule has 168 valence electrons. The van der Waals surface area contributed by atoms with E-state index in [1.54, 1.807) is 6.92 Å². The van der Waals surface area contributed by atoms with Gasteiger partial charge in [0.2, 0.25) is 11.7 Å². The molecule has 31 heavy (non-hydrogen) atoms. The van der Waals surface area contributed by atoms with Crippen molar-refractivity contribution in [2.24, 2.45) is 0 Å². The van der Waals surface area contributed by atoms with Gasteiger partial charge >= 0.3 is 6.18 Å². The molecule has 1 N–H and O–H groups in total. The molecule has 2 atom stereocenters. The molecule has 2 aromatic rings. The van der Waals surface area contributed by atoms with Gasteiger partial charge in [-0.2, -0.15) is 27.8 Å². The fraction of sp³-hybridized carbons (Fsp3) is 0.421. The molecule has 1 fully saturated rings. The van der Waals surface area contributed by atoms with E-state index in [1.165, 1.54) is 12.3 Å². The lowest BCUT2D eigenvalue weighted by atomic mass is 9.99. The Hall–Kier alpha value is -3.02. The average molecular weight is 446 g/mol. The summed E-state index contributed by atoms with van der Waals surface area (Å²) in [6.07, 6.45) is -4.39. The molecular formula is C19H19F5N4O3. The zero-order chi connectivity index (χ0) is 23.0. The SMILES string of the molecule is COc1c(N2CC(OC)(C(F)(F)F)CC2C(=O)Nc2cnnc(C)c2)ccc(F)c1F. The smallest absolute Gasteiger partial charge is 0.419 e. The van der Waals surface area contributed by atoms with Gasteiger partial charge in [0.15, 0.2) is 17.2 Å². The standard InChI is InChI=1S/C19H19F5N4O3/c1-10-6-11(8-25-27-10)26-17(29)14-7-18(31-3,19(22,23)24)9-28(14)13-5-4-12(20)15(21)16(13)30-2/h4-6,8,14H,7,9H2,1-3H3,(H,26,27,29). The van der Waals surface area contributed by atoms with Crippen LogP contribution in [0.1, 0.15) is 12.1 Å². The van der Waals surface area contributed by atoms with Gasteiger partial charge in [-0.15, -0.1) is 0 Å². The second-order valence-corrected chi connectivity index (χ2v) is 7.03. The first-order valence-corrected chi connectivity index (χ1v) is 9.03. The topological polar surface area (TPSA) is 76.6 Å². The molecular weight excluding hydrogens is 427 g/mol. The van der Waals surface area contributed by atoms with Crippen LogP contribution in [-0.4, -0.2) is 54.7 Å². The molecule has 1 aromatic carbocycles. The third-order valence-electron chi connectivity index (χ3n) is 5.12. The summed E-state index contributed by atoms with van der Waals surface area (Å²) in [7, 11) is 1.93. The maximum Gasteiger partial charge on any atom is 0.419 e. The maximum absolute atomic E-state index is 14.2. The van der Waals surface area contributed by atoms with Gasteiger partial charge in [-0.25, -0.2) is 4.39 Å². The monoisotopic (exact) mass is 446 g/mol. The Balaban J connectivity index is 2.05. The normalized spacial score (nSPS) is 21.3. The van der Waals surface area contributed by atoms with Crippen molar-refractivity contribution in [1.82, 2.24) is 10.2 Å². The molecule has 3 rings (SSSR count). The molecule has 1 saturated heterocycles. The molecule has 1 amide bonds. The van der Waals surface area contributed by atoms with Gasteiger partial charge in [0.1, 0.15) is 6.04 Å². The first-order chi connectivity index (χ1) is 14.5. The van der Waals surface area contributed by atoms with Gasteiger partial charge < -0.3 is 19.7 Å². The summed E-state index contributed by atoms with van der Waals surface area (Å²) in [4.78, 5) is 14.0. The van der Waals surface area contributed by atoms with Crippen LogP contribution in [0.4, 0.5) is 33.3 Å². The van der Waals surface area contributed by atoms with Crippen LogP contribution in [0, 0.1) is 18.6 Å².